The molecule has 0 fully saturated rings. The molecule has 0 amide bonds. The van der Waals surface area contributed by atoms with Gasteiger partial charge in [0.1, 0.15) is 0 Å². The lowest BCUT2D eigenvalue weighted by molar-refractivity contribution is 0.903. The van der Waals surface area contributed by atoms with Gasteiger partial charge < -0.3 is 0 Å². The van der Waals surface area contributed by atoms with Gasteiger partial charge in [-0.05, 0) is 12.1 Å². The lowest BCUT2D eigenvalue weighted by atomic mass is 10.2. The topological polar surface area (TPSA) is 17.8 Å². The number of rotatable bonds is 1. The van der Waals surface area contributed by atoms with Crippen LogP contribution in [0.1, 0.15) is 0 Å². The quantitative estimate of drug-likeness (QED) is 0.599. The first-order chi connectivity index (χ1) is 5.42. The van der Waals surface area contributed by atoms with Gasteiger partial charge in [0.05, 0.1) is 5.69 Å². The summed E-state index contributed by atoms with van der Waals surface area (Å²) in [6.07, 6.45) is 3.46. The van der Waals surface area contributed by atoms with Crippen molar-refractivity contribution in [2.75, 3.05) is 0 Å². The fraction of sp³-hybridized carbons (Fsp3) is 0. The molecule has 0 bridgehead atoms. The Hall–Kier alpha value is -1.57. The van der Waals surface area contributed by atoms with E-state index in [1.54, 1.807) is 17.1 Å². The number of aromatic nitrogens is 2. The largest absolute Gasteiger partial charge is 0.241 e. The molecule has 0 aromatic carbocycles. The minimum Gasteiger partial charge on any atom is -0.241 e. The van der Waals surface area contributed by atoms with Gasteiger partial charge in [0.15, 0.2) is 0 Å². The van der Waals surface area contributed by atoms with E-state index in [0.717, 1.165) is 5.69 Å². The Bertz CT molecular complexity index is 349. The van der Waals surface area contributed by atoms with E-state index in [1.165, 1.54) is 5.56 Å². The summed E-state index contributed by atoms with van der Waals surface area (Å²) in [5.74, 6) is 0. The van der Waals surface area contributed by atoms with Gasteiger partial charge in [-0.15, -0.1) is 0 Å². The molecule has 1 aliphatic heterocycles. The van der Waals surface area contributed by atoms with E-state index < -0.39 is 0 Å². The average molecular weight is 144 g/mol. The first-order valence-electron chi connectivity index (χ1n) is 3.46. The summed E-state index contributed by atoms with van der Waals surface area (Å²) in [4.78, 5) is 0. The lowest BCUT2D eigenvalue weighted by Gasteiger charge is -2.03. The lowest BCUT2D eigenvalue weighted by Crippen LogP contribution is -1.96. The molecule has 2 rings (SSSR count). The van der Waals surface area contributed by atoms with Crippen molar-refractivity contribution in [1.82, 2.24) is 9.78 Å². The van der Waals surface area contributed by atoms with Gasteiger partial charge in [-0.2, -0.15) is 5.10 Å². The van der Waals surface area contributed by atoms with Crippen LogP contribution in [0.3, 0.4) is 0 Å². The van der Waals surface area contributed by atoms with Crippen LogP contribution in [-0.4, -0.2) is 9.78 Å². The van der Waals surface area contributed by atoms with E-state index in [2.05, 4.69) is 17.7 Å². The molecule has 0 atom stereocenters. The molecular formula is C9H8N2. The third-order valence-corrected chi connectivity index (χ3v) is 1.69. The van der Waals surface area contributed by atoms with Crippen molar-refractivity contribution in [3.63, 3.8) is 0 Å². The molecule has 1 aliphatic carbocycles. The van der Waals surface area contributed by atoms with Crippen LogP contribution in [0.2, 0.25) is 0 Å². The maximum Gasteiger partial charge on any atom is 0.0718 e. The van der Waals surface area contributed by atoms with Crippen molar-refractivity contribution in [1.29, 1.82) is 0 Å². The Labute approximate surface area is 65.1 Å². The Morgan fingerprint density at radius 3 is 3.09 bits per heavy atom. The zero-order valence-corrected chi connectivity index (χ0v) is 6.07. The Morgan fingerprint density at radius 2 is 2.27 bits per heavy atom. The summed E-state index contributed by atoms with van der Waals surface area (Å²) >= 11 is 0. The van der Waals surface area contributed by atoms with Crippen molar-refractivity contribution in [2.24, 2.45) is 0 Å². The molecule has 0 radical (unpaired) electrons. The maximum atomic E-state index is 4.10. The normalized spacial score (nSPS) is 10.2. The third kappa shape index (κ3) is 0.835. The smallest absolute Gasteiger partial charge is 0.0718 e. The summed E-state index contributed by atoms with van der Waals surface area (Å²) in [5.41, 5.74) is 2.29. The summed E-state index contributed by atoms with van der Waals surface area (Å²) in [7, 11) is 0. The number of hydrogen-bond donors (Lipinski definition) is 0. The highest BCUT2D eigenvalue weighted by Gasteiger charge is 2.02. The van der Waals surface area contributed by atoms with Crippen LogP contribution in [0, 0.1) is 0 Å². The molecule has 0 unspecified atom stereocenters. The molecule has 0 aromatic heterocycles. The van der Waals surface area contributed by atoms with E-state index in [1.807, 2.05) is 18.2 Å². The van der Waals surface area contributed by atoms with Crippen LogP contribution >= 0.6 is 0 Å². The van der Waals surface area contributed by atoms with E-state index in [-0.39, 0.29) is 0 Å². The van der Waals surface area contributed by atoms with Crippen molar-refractivity contribution in [3.05, 3.63) is 37.0 Å². The van der Waals surface area contributed by atoms with Gasteiger partial charge in [-0.3, -0.25) is 0 Å². The molecule has 1 heterocycles. The third-order valence-electron chi connectivity index (χ3n) is 1.69. The van der Waals surface area contributed by atoms with Gasteiger partial charge in [0, 0.05) is 18.0 Å². The second-order valence-corrected chi connectivity index (χ2v) is 2.32. The molecule has 2 heteroatoms. The second kappa shape index (κ2) is 2.23. The molecule has 2 aliphatic rings. The van der Waals surface area contributed by atoms with Gasteiger partial charge >= 0.3 is 0 Å². The predicted octanol–water partition coefficient (Wildman–Crippen LogP) is 2.09. The van der Waals surface area contributed by atoms with Gasteiger partial charge in [-0.25, -0.2) is 4.68 Å². The summed E-state index contributed by atoms with van der Waals surface area (Å²) in [5, 5.41) is 4.10. The fourth-order valence-corrected chi connectivity index (χ4v) is 1.17. The standard InChI is InChI=1S/C9H8N2/c1-2-11-9-5-3-4-8(9)6-7-10-11/h2-7H,1H2. The van der Waals surface area contributed by atoms with E-state index in [9.17, 15) is 0 Å². The SMILES string of the molecule is C=Cn1nccc2cccc1-2. The fourth-order valence-electron chi connectivity index (χ4n) is 1.17. The van der Waals surface area contributed by atoms with Crippen LogP contribution < -0.4 is 0 Å². The van der Waals surface area contributed by atoms with Crippen LogP contribution in [0.5, 0.6) is 0 Å². The van der Waals surface area contributed by atoms with E-state index in [4.69, 9.17) is 0 Å². The molecule has 2 nitrogen and oxygen atoms in total. The molecule has 0 spiro atoms. The molecule has 54 valence electrons. The van der Waals surface area contributed by atoms with E-state index >= 15 is 0 Å². The monoisotopic (exact) mass is 144 g/mol. The predicted molar refractivity (Wildman–Crippen MR) is 45.2 cm³/mol. The van der Waals surface area contributed by atoms with Crippen molar-refractivity contribution in [3.8, 4) is 11.3 Å². The first-order valence-corrected chi connectivity index (χ1v) is 3.46. The van der Waals surface area contributed by atoms with Crippen LogP contribution in [0.15, 0.2) is 37.0 Å². The van der Waals surface area contributed by atoms with E-state index in [0.29, 0.717) is 0 Å². The number of nitrogens with zero attached hydrogens (tertiary/aromatic N) is 2. The zero-order chi connectivity index (χ0) is 7.68. The van der Waals surface area contributed by atoms with Crippen molar-refractivity contribution in [2.45, 2.75) is 0 Å². The van der Waals surface area contributed by atoms with Gasteiger partial charge in [0.2, 0.25) is 0 Å². The van der Waals surface area contributed by atoms with Crippen LogP contribution in [0.25, 0.3) is 17.5 Å². The maximum absolute atomic E-state index is 4.10. The number of fused-ring (bicyclic) bond motifs is 1. The highest BCUT2D eigenvalue weighted by atomic mass is 15.2. The molecule has 0 aromatic rings. The molecular weight excluding hydrogens is 136 g/mol. The number of hydrogen-bond acceptors (Lipinski definition) is 1. The zero-order valence-electron chi connectivity index (χ0n) is 6.07. The average Bonchev–Trinajstić information content (AvgIpc) is 2.50. The highest BCUT2D eigenvalue weighted by Crippen LogP contribution is 2.20. The summed E-state index contributed by atoms with van der Waals surface area (Å²) < 4.78 is 1.76. The minimum atomic E-state index is 1.10. The Kier molecular flexibility index (Phi) is 1.25. The van der Waals surface area contributed by atoms with Gasteiger partial charge in [0.25, 0.3) is 0 Å². The Morgan fingerprint density at radius 1 is 1.36 bits per heavy atom. The van der Waals surface area contributed by atoms with Crippen LogP contribution in [-0.2, 0) is 0 Å². The highest BCUT2D eigenvalue weighted by molar-refractivity contribution is 5.63. The Balaban J connectivity index is 2.75. The molecule has 0 saturated carbocycles. The minimum absolute atomic E-state index is 1.10. The van der Waals surface area contributed by atoms with Crippen molar-refractivity contribution < 1.29 is 0 Å². The van der Waals surface area contributed by atoms with Crippen molar-refractivity contribution >= 4 is 6.20 Å². The second-order valence-electron chi connectivity index (χ2n) is 2.32. The first kappa shape index (κ1) is 6.16. The molecule has 0 N–H and O–H groups in total. The molecule has 0 saturated heterocycles. The van der Waals surface area contributed by atoms with Gasteiger partial charge in [-0.1, -0.05) is 18.7 Å². The van der Waals surface area contributed by atoms with Crippen LogP contribution in [0.4, 0.5) is 0 Å². The summed E-state index contributed by atoms with van der Waals surface area (Å²) in [6, 6.07) is 8.06. The summed E-state index contributed by atoms with van der Waals surface area (Å²) in [6.45, 7) is 3.66. The molecule has 11 heavy (non-hydrogen) atoms.